The molecule has 1 N–H and O–H groups in total. The first-order valence-electron chi connectivity index (χ1n) is 6.09. The molecule has 1 saturated carbocycles. The molecular formula is C14H15FO3. The maximum atomic E-state index is 13.4. The van der Waals surface area contributed by atoms with Crippen LogP contribution in [0.4, 0.5) is 4.39 Å². The van der Waals surface area contributed by atoms with Crippen LogP contribution in [0.2, 0.25) is 0 Å². The van der Waals surface area contributed by atoms with Gasteiger partial charge < -0.3 is 5.11 Å². The fraction of sp³-hybridized carbons (Fsp3) is 0.429. The summed E-state index contributed by atoms with van der Waals surface area (Å²) >= 11 is 0. The Morgan fingerprint density at radius 1 is 1.28 bits per heavy atom. The molecule has 1 aliphatic carbocycles. The molecule has 0 heterocycles. The molecule has 0 amide bonds. The molecular weight excluding hydrogens is 235 g/mol. The predicted octanol–water partition coefficient (Wildman–Crippen LogP) is 2.92. The Hall–Kier alpha value is -1.71. The number of aliphatic carboxylic acids is 1. The molecule has 0 radical (unpaired) electrons. The Morgan fingerprint density at radius 3 is 2.50 bits per heavy atom. The molecule has 2 rings (SSSR count). The van der Waals surface area contributed by atoms with E-state index in [9.17, 15) is 19.1 Å². The van der Waals surface area contributed by atoms with Gasteiger partial charge in [0.1, 0.15) is 12.1 Å². The Bertz CT molecular complexity index is 476. The Balaban J connectivity index is 2.57. The normalized spacial score (nSPS) is 18.3. The molecule has 0 bridgehead atoms. The van der Waals surface area contributed by atoms with Gasteiger partial charge in [-0.15, -0.1) is 0 Å². The van der Waals surface area contributed by atoms with Crippen molar-refractivity contribution in [3.05, 3.63) is 35.1 Å². The Kier molecular flexibility index (Phi) is 3.45. The molecule has 0 atom stereocenters. The standard InChI is InChI=1S/C14H15FO3/c15-11-5-4-10(9-16)12(8-11)14(13(17)18)6-2-1-3-7-14/h4-5,8-9H,1-3,6-7H2,(H,17,18). The molecule has 18 heavy (non-hydrogen) atoms. The quantitative estimate of drug-likeness (QED) is 0.839. The van der Waals surface area contributed by atoms with E-state index in [4.69, 9.17) is 0 Å². The highest BCUT2D eigenvalue weighted by Gasteiger charge is 2.42. The van der Waals surface area contributed by atoms with Gasteiger partial charge in [0, 0.05) is 5.56 Å². The zero-order valence-electron chi connectivity index (χ0n) is 9.99. The molecule has 96 valence electrons. The van der Waals surface area contributed by atoms with Gasteiger partial charge in [-0.1, -0.05) is 19.3 Å². The Labute approximate surface area is 105 Å². The second-order valence-electron chi connectivity index (χ2n) is 4.80. The smallest absolute Gasteiger partial charge is 0.314 e. The molecule has 3 nitrogen and oxygen atoms in total. The van der Waals surface area contributed by atoms with Crippen molar-refractivity contribution in [1.82, 2.24) is 0 Å². The zero-order valence-corrected chi connectivity index (χ0v) is 9.99. The minimum Gasteiger partial charge on any atom is -0.481 e. The summed E-state index contributed by atoms with van der Waals surface area (Å²) in [7, 11) is 0. The highest BCUT2D eigenvalue weighted by Crippen LogP contribution is 2.41. The monoisotopic (exact) mass is 250 g/mol. The molecule has 0 spiro atoms. The van der Waals surface area contributed by atoms with Crippen molar-refractivity contribution in [2.24, 2.45) is 0 Å². The Morgan fingerprint density at radius 2 is 1.94 bits per heavy atom. The van der Waals surface area contributed by atoms with Crippen LogP contribution in [-0.2, 0) is 10.2 Å². The third-order valence-corrected chi connectivity index (χ3v) is 3.77. The van der Waals surface area contributed by atoms with Gasteiger partial charge in [-0.2, -0.15) is 0 Å². The minimum atomic E-state index is -1.10. The van der Waals surface area contributed by atoms with Crippen LogP contribution in [0.25, 0.3) is 0 Å². The number of hydrogen-bond donors (Lipinski definition) is 1. The predicted molar refractivity (Wildman–Crippen MR) is 64.2 cm³/mol. The van der Waals surface area contributed by atoms with E-state index in [1.165, 1.54) is 18.2 Å². The molecule has 0 unspecified atom stereocenters. The van der Waals surface area contributed by atoms with Gasteiger partial charge in [-0.25, -0.2) is 4.39 Å². The van der Waals surface area contributed by atoms with Crippen molar-refractivity contribution >= 4 is 12.3 Å². The lowest BCUT2D eigenvalue weighted by Crippen LogP contribution is -2.38. The topological polar surface area (TPSA) is 54.4 Å². The van der Waals surface area contributed by atoms with Crippen molar-refractivity contribution in [2.75, 3.05) is 0 Å². The summed E-state index contributed by atoms with van der Waals surface area (Å²) in [6.45, 7) is 0. The number of benzene rings is 1. The van der Waals surface area contributed by atoms with Crippen LogP contribution in [0.5, 0.6) is 0 Å². The molecule has 1 fully saturated rings. The lowest BCUT2D eigenvalue weighted by Gasteiger charge is -2.34. The summed E-state index contributed by atoms with van der Waals surface area (Å²) in [5.74, 6) is -1.46. The SMILES string of the molecule is O=Cc1ccc(F)cc1C1(C(=O)O)CCCCC1. The van der Waals surface area contributed by atoms with E-state index < -0.39 is 17.2 Å². The maximum absolute atomic E-state index is 13.4. The number of hydrogen-bond acceptors (Lipinski definition) is 2. The second kappa shape index (κ2) is 4.88. The molecule has 1 aliphatic rings. The summed E-state index contributed by atoms with van der Waals surface area (Å²) < 4.78 is 13.4. The summed E-state index contributed by atoms with van der Waals surface area (Å²) in [4.78, 5) is 22.6. The van der Waals surface area contributed by atoms with E-state index >= 15 is 0 Å². The lowest BCUT2D eigenvalue weighted by atomic mass is 9.68. The molecule has 0 saturated heterocycles. The molecule has 1 aromatic carbocycles. The first kappa shape index (κ1) is 12.7. The summed E-state index contributed by atoms with van der Waals surface area (Å²) in [5, 5.41) is 9.51. The highest BCUT2D eigenvalue weighted by molar-refractivity contribution is 5.87. The van der Waals surface area contributed by atoms with Crippen LogP contribution >= 0.6 is 0 Å². The summed E-state index contributed by atoms with van der Waals surface area (Å²) in [6, 6.07) is 3.74. The van der Waals surface area contributed by atoms with Gasteiger partial charge in [-0.3, -0.25) is 9.59 Å². The van der Waals surface area contributed by atoms with Crippen LogP contribution in [0.1, 0.15) is 48.0 Å². The second-order valence-corrected chi connectivity index (χ2v) is 4.80. The average molecular weight is 250 g/mol. The molecule has 0 aliphatic heterocycles. The first-order valence-corrected chi connectivity index (χ1v) is 6.09. The maximum Gasteiger partial charge on any atom is 0.314 e. The molecule has 0 aromatic heterocycles. The average Bonchev–Trinajstić information content (AvgIpc) is 2.39. The van der Waals surface area contributed by atoms with Crippen molar-refractivity contribution in [3.63, 3.8) is 0 Å². The number of carbonyl (C=O) groups excluding carboxylic acids is 1. The van der Waals surface area contributed by atoms with Gasteiger partial charge in [-0.05, 0) is 36.6 Å². The summed E-state index contributed by atoms with van der Waals surface area (Å²) in [6.07, 6.45) is 4.11. The third kappa shape index (κ3) is 2.03. The van der Waals surface area contributed by atoms with Crippen molar-refractivity contribution in [1.29, 1.82) is 0 Å². The number of carbonyl (C=O) groups is 2. The zero-order chi connectivity index (χ0) is 13.2. The number of carboxylic acids is 1. The molecule has 4 heteroatoms. The van der Waals surface area contributed by atoms with Gasteiger partial charge >= 0.3 is 5.97 Å². The van der Waals surface area contributed by atoms with Crippen LogP contribution in [0.15, 0.2) is 18.2 Å². The number of halogens is 1. The lowest BCUT2D eigenvalue weighted by molar-refractivity contribution is -0.145. The van der Waals surface area contributed by atoms with Gasteiger partial charge in [0.25, 0.3) is 0 Å². The number of carboxylic acid groups (broad SMARTS) is 1. The minimum absolute atomic E-state index is 0.278. The van der Waals surface area contributed by atoms with E-state index in [0.717, 1.165) is 19.3 Å². The van der Waals surface area contributed by atoms with E-state index in [2.05, 4.69) is 0 Å². The van der Waals surface area contributed by atoms with E-state index in [0.29, 0.717) is 24.7 Å². The fourth-order valence-electron chi connectivity index (χ4n) is 2.80. The van der Waals surface area contributed by atoms with Crippen molar-refractivity contribution < 1.29 is 19.1 Å². The van der Waals surface area contributed by atoms with Gasteiger partial charge in [0.2, 0.25) is 0 Å². The van der Waals surface area contributed by atoms with Crippen LogP contribution in [-0.4, -0.2) is 17.4 Å². The van der Waals surface area contributed by atoms with Crippen LogP contribution < -0.4 is 0 Å². The van der Waals surface area contributed by atoms with Crippen LogP contribution in [0, 0.1) is 5.82 Å². The van der Waals surface area contributed by atoms with Crippen molar-refractivity contribution in [3.8, 4) is 0 Å². The largest absolute Gasteiger partial charge is 0.481 e. The van der Waals surface area contributed by atoms with E-state index in [1.54, 1.807) is 0 Å². The fourth-order valence-corrected chi connectivity index (χ4v) is 2.80. The van der Waals surface area contributed by atoms with Gasteiger partial charge in [0.05, 0.1) is 5.41 Å². The third-order valence-electron chi connectivity index (χ3n) is 3.77. The highest BCUT2D eigenvalue weighted by atomic mass is 19.1. The first-order chi connectivity index (χ1) is 8.60. The van der Waals surface area contributed by atoms with E-state index in [-0.39, 0.29) is 5.56 Å². The number of aldehydes is 1. The van der Waals surface area contributed by atoms with Gasteiger partial charge in [0.15, 0.2) is 0 Å². The molecule has 1 aromatic rings. The summed E-state index contributed by atoms with van der Waals surface area (Å²) in [5.41, 5.74) is -0.498. The van der Waals surface area contributed by atoms with E-state index in [1.807, 2.05) is 0 Å². The van der Waals surface area contributed by atoms with Crippen molar-refractivity contribution in [2.45, 2.75) is 37.5 Å². The number of rotatable bonds is 3. The van der Waals surface area contributed by atoms with Crippen LogP contribution in [0.3, 0.4) is 0 Å².